The van der Waals surface area contributed by atoms with Gasteiger partial charge in [-0.3, -0.25) is 14.8 Å². The van der Waals surface area contributed by atoms with Gasteiger partial charge >= 0.3 is 0 Å². The summed E-state index contributed by atoms with van der Waals surface area (Å²) in [6.07, 6.45) is 3.60. The van der Waals surface area contributed by atoms with Crippen LogP contribution in [0.15, 0.2) is 30.6 Å². The van der Waals surface area contributed by atoms with Gasteiger partial charge in [-0.15, -0.1) is 0 Å². The molecule has 0 saturated heterocycles. The van der Waals surface area contributed by atoms with Crippen LogP contribution in [0.5, 0.6) is 0 Å². The molecule has 0 spiro atoms. The molecule has 0 bridgehead atoms. The fourth-order valence-electron chi connectivity index (χ4n) is 1.80. The average molecular weight is 292 g/mol. The van der Waals surface area contributed by atoms with Crippen LogP contribution in [-0.4, -0.2) is 14.7 Å². The molecule has 0 fully saturated rings. The third kappa shape index (κ3) is 3.77. The van der Waals surface area contributed by atoms with E-state index in [1.807, 2.05) is 31.6 Å². The van der Waals surface area contributed by atoms with Crippen LogP contribution in [0.1, 0.15) is 26.3 Å². The van der Waals surface area contributed by atoms with E-state index in [1.54, 1.807) is 6.20 Å². The average Bonchev–Trinajstić information content (AvgIpc) is 2.84. The highest BCUT2D eigenvalue weighted by Gasteiger charge is 2.14. The molecule has 1 heterocycles. The van der Waals surface area contributed by atoms with Crippen LogP contribution in [0.2, 0.25) is 0 Å². The van der Waals surface area contributed by atoms with E-state index in [9.17, 15) is 14.5 Å². The summed E-state index contributed by atoms with van der Waals surface area (Å²) in [6.45, 7) is 6.52. The van der Waals surface area contributed by atoms with Gasteiger partial charge in [0.15, 0.2) is 0 Å². The molecule has 21 heavy (non-hydrogen) atoms. The molecule has 0 aliphatic heterocycles. The maximum atomic E-state index is 13.3. The summed E-state index contributed by atoms with van der Waals surface area (Å²) in [5, 5.41) is 17.9. The first-order valence-corrected chi connectivity index (χ1v) is 6.48. The summed E-state index contributed by atoms with van der Waals surface area (Å²) in [5.74, 6) is -0.642. The summed E-state index contributed by atoms with van der Waals surface area (Å²) in [4.78, 5) is 10.1. The van der Waals surface area contributed by atoms with Gasteiger partial charge in [0.1, 0.15) is 5.82 Å². The lowest BCUT2D eigenvalue weighted by Gasteiger charge is -2.18. The second-order valence-corrected chi connectivity index (χ2v) is 5.77. The Hall–Kier alpha value is -2.44. The molecular weight excluding hydrogens is 275 g/mol. The minimum Gasteiger partial charge on any atom is -0.381 e. The number of aromatic nitrogens is 2. The Labute approximate surface area is 121 Å². The van der Waals surface area contributed by atoms with Gasteiger partial charge in [0.05, 0.1) is 22.7 Å². The van der Waals surface area contributed by atoms with Gasteiger partial charge in [0.2, 0.25) is 0 Å². The van der Waals surface area contributed by atoms with Crippen molar-refractivity contribution >= 4 is 11.4 Å². The summed E-state index contributed by atoms with van der Waals surface area (Å²) < 4.78 is 15.1. The molecule has 112 valence electrons. The highest BCUT2D eigenvalue weighted by molar-refractivity contribution is 5.51. The number of benzene rings is 1. The van der Waals surface area contributed by atoms with Crippen LogP contribution in [0.3, 0.4) is 0 Å². The fraction of sp³-hybridized carbons (Fsp3) is 0.357. The number of anilines is 1. The zero-order chi connectivity index (χ0) is 15.6. The smallest absolute Gasteiger partial charge is 0.274 e. The molecule has 1 aromatic carbocycles. The van der Waals surface area contributed by atoms with E-state index in [-0.39, 0.29) is 11.2 Å². The standard InChI is InChI=1S/C14H17FN4O2/c1-14(2,3)18-9-10(8-17-18)7-16-12-4-11(15)5-13(6-12)19(20)21/h4-6,8-9,16H,7H2,1-3H3. The Bertz CT molecular complexity index is 661. The predicted molar refractivity (Wildman–Crippen MR) is 77.6 cm³/mol. The van der Waals surface area contributed by atoms with Crippen molar-refractivity contribution in [2.45, 2.75) is 32.9 Å². The lowest BCUT2D eigenvalue weighted by Crippen LogP contribution is -2.21. The maximum absolute atomic E-state index is 13.3. The number of nitro benzene ring substituents is 1. The zero-order valence-electron chi connectivity index (χ0n) is 12.1. The first-order chi connectivity index (χ1) is 9.75. The Morgan fingerprint density at radius 2 is 2.10 bits per heavy atom. The molecule has 0 aliphatic rings. The van der Waals surface area contributed by atoms with Gasteiger partial charge < -0.3 is 5.32 Å². The van der Waals surface area contributed by atoms with Gasteiger partial charge in [0, 0.05) is 30.1 Å². The van der Waals surface area contributed by atoms with Crippen molar-refractivity contribution in [1.29, 1.82) is 0 Å². The predicted octanol–water partition coefficient (Wildman–Crippen LogP) is 3.30. The monoisotopic (exact) mass is 292 g/mol. The van der Waals surface area contributed by atoms with Crippen molar-refractivity contribution in [2.24, 2.45) is 0 Å². The number of hydrogen-bond acceptors (Lipinski definition) is 4. The first kappa shape index (κ1) is 15.0. The second-order valence-electron chi connectivity index (χ2n) is 5.77. The van der Waals surface area contributed by atoms with Gasteiger partial charge in [0.25, 0.3) is 5.69 Å². The number of nitro groups is 1. The SMILES string of the molecule is CC(C)(C)n1cc(CNc2cc(F)cc([N+](=O)[O-])c2)cn1. The van der Waals surface area contributed by atoms with Crippen LogP contribution >= 0.6 is 0 Å². The largest absolute Gasteiger partial charge is 0.381 e. The van der Waals surface area contributed by atoms with E-state index in [0.29, 0.717) is 12.2 Å². The van der Waals surface area contributed by atoms with E-state index < -0.39 is 10.7 Å². The molecule has 0 radical (unpaired) electrons. The molecule has 0 saturated carbocycles. The molecule has 6 nitrogen and oxygen atoms in total. The third-order valence-electron chi connectivity index (χ3n) is 2.91. The molecule has 0 amide bonds. The Morgan fingerprint density at radius 1 is 1.38 bits per heavy atom. The first-order valence-electron chi connectivity index (χ1n) is 6.48. The summed E-state index contributed by atoms with van der Waals surface area (Å²) in [6, 6.07) is 3.42. The Balaban J connectivity index is 2.10. The maximum Gasteiger partial charge on any atom is 0.274 e. The van der Waals surface area contributed by atoms with Crippen molar-refractivity contribution in [3.63, 3.8) is 0 Å². The van der Waals surface area contributed by atoms with Crippen molar-refractivity contribution in [3.05, 3.63) is 52.1 Å². The van der Waals surface area contributed by atoms with E-state index >= 15 is 0 Å². The highest BCUT2D eigenvalue weighted by Crippen LogP contribution is 2.21. The molecule has 1 N–H and O–H groups in total. The zero-order valence-corrected chi connectivity index (χ0v) is 12.1. The van der Waals surface area contributed by atoms with Gasteiger partial charge in [-0.05, 0) is 26.8 Å². The molecular formula is C14H17FN4O2. The van der Waals surface area contributed by atoms with E-state index in [1.165, 1.54) is 12.1 Å². The number of halogens is 1. The van der Waals surface area contributed by atoms with Gasteiger partial charge in [-0.1, -0.05) is 0 Å². The Kier molecular flexibility index (Phi) is 3.93. The van der Waals surface area contributed by atoms with Crippen molar-refractivity contribution in [2.75, 3.05) is 5.32 Å². The van der Waals surface area contributed by atoms with Crippen LogP contribution < -0.4 is 5.32 Å². The quantitative estimate of drug-likeness (QED) is 0.693. The third-order valence-corrected chi connectivity index (χ3v) is 2.91. The number of non-ortho nitro benzene ring substituents is 1. The molecule has 0 aliphatic carbocycles. The lowest BCUT2D eigenvalue weighted by molar-refractivity contribution is -0.385. The van der Waals surface area contributed by atoms with Gasteiger partial charge in [-0.2, -0.15) is 5.10 Å². The molecule has 0 atom stereocenters. The molecule has 0 unspecified atom stereocenters. The minimum atomic E-state index is -0.642. The van der Waals surface area contributed by atoms with Crippen molar-refractivity contribution in [3.8, 4) is 0 Å². The Morgan fingerprint density at radius 3 is 2.67 bits per heavy atom. The summed E-state index contributed by atoms with van der Waals surface area (Å²) in [7, 11) is 0. The van der Waals surface area contributed by atoms with Crippen LogP contribution in [0.4, 0.5) is 15.8 Å². The van der Waals surface area contributed by atoms with Crippen LogP contribution in [0.25, 0.3) is 0 Å². The fourth-order valence-corrected chi connectivity index (χ4v) is 1.80. The van der Waals surface area contributed by atoms with Crippen LogP contribution in [-0.2, 0) is 12.1 Å². The highest BCUT2D eigenvalue weighted by atomic mass is 19.1. The van der Waals surface area contributed by atoms with Crippen molar-refractivity contribution in [1.82, 2.24) is 9.78 Å². The lowest BCUT2D eigenvalue weighted by atomic mass is 10.1. The van der Waals surface area contributed by atoms with E-state index in [2.05, 4.69) is 10.4 Å². The molecule has 7 heteroatoms. The van der Waals surface area contributed by atoms with Crippen molar-refractivity contribution < 1.29 is 9.31 Å². The molecule has 2 rings (SSSR count). The van der Waals surface area contributed by atoms with Crippen LogP contribution in [0, 0.1) is 15.9 Å². The van der Waals surface area contributed by atoms with E-state index in [4.69, 9.17) is 0 Å². The topological polar surface area (TPSA) is 73.0 Å². The minimum absolute atomic E-state index is 0.115. The molecule has 1 aromatic heterocycles. The summed E-state index contributed by atoms with van der Waals surface area (Å²) >= 11 is 0. The van der Waals surface area contributed by atoms with E-state index in [0.717, 1.165) is 11.6 Å². The number of hydrogen-bond donors (Lipinski definition) is 1. The van der Waals surface area contributed by atoms with Gasteiger partial charge in [-0.25, -0.2) is 4.39 Å². The number of nitrogens with zero attached hydrogens (tertiary/aromatic N) is 3. The normalized spacial score (nSPS) is 11.4. The summed E-state index contributed by atoms with van der Waals surface area (Å²) in [5.41, 5.74) is 0.889. The number of nitrogens with one attached hydrogen (secondary N) is 1. The second kappa shape index (κ2) is 5.51. The molecule has 2 aromatic rings. The number of rotatable bonds is 4.